The standard InChI is InChI=1S/C19H21N3O5/c1-26-19(25)12-2-3-15-16(8-12)22(10-14-5-7-27-14)17(20-15)11-21-6-4-13(23)9-18(21)24/h2-3,8,14H,4-7,9-11H2,1H3/t14-/m0/s1. The summed E-state index contributed by atoms with van der Waals surface area (Å²) in [4.78, 5) is 41.9. The highest BCUT2D eigenvalue weighted by atomic mass is 16.5. The van der Waals surface area contributed by atoms with Crippen molar-refractivity contribution in [2.24, 2.45) is 0 Å². The lowest BCUT2D eigenvalue weighted by Crippen LogP contribution is -2.39. The molecule has 27 heavy (non-hydrogen) atoms. The molecule has 0 unspecified atom stereocenters. The van der Waals surface area contributed by atoms with Crippen LogP contribution in [0.5, 0.6) is 0 Å². The summed E-state index contributed by atoms with van der Waals surface area (Å²) < 4.78 is 12.4. The first-order chi connectivity index (χ1) is 13.0. The van der Waals surface area contributed by atoms with E-state index >= 15 is 0 Å². The summed E-state index contributed by atoms with van der Waals surface area (Å²) in [7, 11) is 1.35. The van der Waals surface area contributed by atoms with Crippen LogP contribution >= 0.6 is 0 Å². The minimum atomic E-state index is -0.407. The van der Waals surface area contributed by atoms with Gasteiger partial charge in [0.05, 0.1) is 49.3 Å². The maximum Gasteiger partial charge on any atom is 0.337 e. The maximum atomic E-state index is 12.2. The summed E-state index contributed by atoms with van der Waals surface area (Å²) in [6.45, 7) is 2.10. The Hall–Kier alpha value is -2.74. The normalized spacial score (nSPS) is 20.0. The summed E-state index contributed by atoms with van der Waals surface area (Å²) in [6.07, 6.45) is 1.40. The second kappa shape index (κ2) is 7.11. The number of rotatable bonds is 5. The minimum Gasteiger partial charge on any atom is -0.465 e. The van der Waals surface area contributed by atoms with Gasteiger partial charge in [-0.25, -0.2) is 9.78 Å². The number of benzene rings is 1. The van der Waals surface area contributed by atoms with Crippen molar-refractivity contribution in [1.29, 1.82) is 0 Å². The predicted molar refractivity (Wildman–Crippen MR) is 95.1 cm³/mol. The molecule has 0 spiro atoms. The van der Waals surface area contributed by atoms with E-state index in [1.807, 2.05) is 4.57 Å². The van der Waals surface area contributed by atoms with Gasteiger partial charge in [-0.3, -0.25) is 9.59 Å². The SMILES string of the molecule is COC(=O)c1ccc2nc(CN3CCC(=O)CC3=O)n(C[C@@H]3CCO3)c2c1. The van der Waals surface area contributed by atoms with Crippen molar-refractivity contribution in [3.8, 4) is 0 Å². The van der Waals surface area contributed by atoms with Crippen LogP contribution in [0.15, 0.2) is 18.2 Å². The van der Waals surface area contributed by atoms with Crippen molar-refractivity contribution in [2.45, 2.75) is 38.5 Å². The second-order valence-electron chi connectivity index (χ2n) is 6.90. The van der Waals surface area contributed by atoms with Gasteiger partial charge in [0.25, 0.3) is 0 Å². The van der Waals surface area contributed by atoms with E-state index < -0.39 is 5.97 Å². The van der Waals surface area contributed by atoms with Crippen LogP contribution in [0.4, 0.5) is 0 Å². The fourth-order valence-corrected chi connectivity index (χ4v) is 3.47. The summed E-state index contributed by atoms with van der Waals surface area (Å²) in [5, 5.41) is 0. The molecule has 2 aliphatic rings. The monoisotopic (exact) mass is 371 g/mol. The van der Waals surface area contributed by atoms with Gasteiger partial charge >= 0.3 is 5.97 Å². The third-order valence-electron chi connectivity index (χ3n) is 5.12. The zero-order valence-corrected chi connectivity index (χ0v) is 15.1. The number of amides is 1. The van der Waals surface area contributed by atoms with Crippen LogP contribution in [0.1, 0.15) is 35.4 Å². The highest BCUT2D eigenvalue weighted by molar-refractivity contribution is 6.00. The molecule has 8 nitrogen and oxygen atoms in total. The average molecular weight is 371 g/mol. The Morgan fingerprint density at radius 1 is 1.37 bits per heavy atom. The van der Waals surface area contributed by atoms with Crippen LogP contribution in [-0.4, -0.2) is 58.5 Å². The molecule has 2 fully saturated rings. The quantitative estimate of drug-likeness (QED) is 0.581. The number of piperidine rings is 1. The number of ketones is 1. The van der Waals surface area contributed by atoms with Crippen molar-refractivity contribution >= 4 is 28.7 Å². The molecule has 0 bridgehead atoms. The molecule has 0 saturated carbocycles. The molecule has 1 amide bonds. The molecule has 2 aliphatic heterocycles. The molecule has 8 heteroatoms. The largest absolute Gasteiger partial charge is 0.465 e. The molecule has 1 atom stereocenters. The van der Waals surface area contributed by atoms with Crippen LogP contribution in [0, 0.1) is 0 Å². The second-order valence-corrected chi connectivity index (χ2v) is 6.90. The van der Waals surface area contributed by atoms with E-state index in [2.05, 4.69) is 4.98 Å². The molecule has 3 heterocycles. The third-order valence-corrected chi connectivity index (χ3v) is 5.12. The molecular weight excluding hydrogens is 350 g/mol. The molecule has 0 radical (unpaired) electrons. The van der Waals surface area contributed by atoms with Crippen molar-refractivity contribution in [2.75, 3.05) is 20.3 Å². The van der Waals surface area contributed by atoms with Crippen molar-refractivity contribution in [1.82, 2.24) is 14.5 Å². The van der Waals surface area contributed by atoms with Crippen LogP contribution < -0.4 is 0 Å². The Morgan fingerprint density at radius 2 is 2.19 bits per heavy atom. The molecule has 0 aliphatic carbocycles. The predicted octanol–water partition coefficient (Wildman–Crippen LogP) is 1.30. The number of hydrogen-bond donors (Lipinski definition) is 0. The van der Waals surface area contributed by atoms with Gasteiger partial charge in [0.15, 0.2) is 0 Å². The smallest absolute Gasteiger partial charge is 0.337 e. The number of likely N-dealkylation sites (tertiary alicyclic amines) is 1. The molecule has 0 N–H and O–H groups in total. The van der Waals surface area contributed by atoms with Gasteiger partial charge in [0, 0.05) is 19.6 Å². The number of carbonyl (C=O) groups excluding carboxylic acids is 3. The Kier molecular flexibility index (Phi) is 4.65. The maximum absolute atomic E-state index is 12.2. The number of fused-ring (bicyclic) bond motifs is 1. The number of carbonyl (C=O) groups is 3. The Bertz CT molecular complexity index is 915. The van der Waals surface area contributed by atoms with E-state index in [1.165, 1.54) is 7.11 Å². The molecule has 2 saturated heterocycles. The van der Waals surface area contributed by atoms with Gasteiger partial charge in [-0.15, -0.1) is 0 Å². The number of methoxy groups -OCH3 is 1. The number of nitrogens with zero attached hydrogens (tertiary/aromatic N) is 3. The molecule has 1 aromatic heterocycles. The lowest BCUT2D eigenvalue weighted by atomic mass is 10.1. The summed E-state index contributed by atoms with van der Waals surface area (Å²) in [5.74, 6) is 0.136. The van der Waals surface area contributed by atoms with Crippen molar-refractivity contribution in [3.63, 3.8) is 0 Å². The van der Waals surface area contributed by atoms with Crippen LogP contribution in [-0.2, 0) is 32.2 Å². The van der Waals surface area contributed by atoms with E-state index in [9.17, 15) is 14.4 Å². The molecule has 2 aromatic rings. The van der Waals surface area contributed by atoms with Gasteiger partial charge in [0.2, 0.25) is 5.91 Å². The van der Waals surface area contributed by atoms with Gasteiger partial charge in [0.1, 0.15) is 11.6 Å². The van der Waals surface area contributed by atoms with Crippen LogP contribution in [0.3, 0.4) is 0 Å². The van der Waals surface area contributed by atoms with Gasteiger partial charge in [-0.2, -0.15) is 0 Å². The van der Waals surface area contributed by atoms with E-state index in [0.717, 1.165) is 29.9 Å². The van der Waals surface area contributed by atoms with Gasteiger partial charge in [-0.1, -0.05) is 0 Å². The molecular formula is C19H21N3O5. The minimum absolute atomic E-state index is 0.0182. The van der Waals surface area contributed by atoms with E-state index in [4.69, 9.17) is 9.47 Å². The number of ether oxygens (including phenoxy) is 2. The molecule has 4 rings (SSSR count). The lowest BCUT2D eigenvalue weighted by molar-refractivity contribution is -0.140. The van der Waals surface area contributed by atoms with Crippen molar-refractivity contribution < 1.29 is 23.9 Å². The topological polar surface area (TPSA) is 90.7 Å². The van der Waals surface area contributed by atoms with Gasteiger partial charge < -0.3 is 18.9 Å². The fourth-order valence-electron chi connectivity index (χ4n) is 3.47. The molecule has 142 valence electrons. The number of hydrogen-bond acceptors (Lipinski definition) is 6. The zero-order valence-electron chi connectivity index (χ0n) is 15.1. The number of Topliss-reactive ketones (excluding diaryl/α,β-unsaturated/α-hetero) is 1. The number of esters is 1. The van der Waals surface area contributed by atoms with E-state index in [-0.39, 0.29) is 24.2 Å². The highest BCUT2D eigenvalue weighted by Gasteiger charge is 2.27. The Labute approximate surface area is 156 Å². The first-order valence-corrected chi connectivity index (χ1v) is 9.03. The lowest BCUT2D eigenvalue weighted by Gasteiger charge is -2.29. The van der Waals surface area contributed by atoms with Crippen molar-refractivity contribution in [3.05, 3.63) is 29.6 Å². The molecule has 1 aromatic carbocycles. The zero-order chi connectivity index (χ0) is 19.0. The van der Waals surface area contributed by atoms with E-state index in [1.54, 1.807) is 23.1 Å². The highest BCUT2D eigenvalue weighted by Crippen LogP contribution is 2.24. The Balaban J connectivity index is 1.69. The first-order valence-electron chi connectivity index (χ1n) is 9.03. The number of imidazole rings is 1. The third kappa shape index (κ3) is 3.44. The summed E-state index contributed by atoms with van der Waals surface area (Å²) in [5.41, 5.74) is 2.01. The van der Waals surface area contributed by atoms with Crippen LogP contribution in [0.25, 0.3) is 11.0 Å². The summed E-state index contributed by atoms with van der Waals surface area (Å²) >= 11 is 0. The first kappa shape index (κ1) is 17.7. The van der Waals surface area contributed by atoms with Crippen LogP contribution in [0.2, 0.25) is 0 Å². The Morgan fingerprint density at radius 3 is 2.85 bits per heavy atom. The summed E-state index contributed by atoms with van der Waals surface area (Å²) in [6, 6.07) is 5.22. The average Bonchev–Trinajstić information content (AvgIpc) is 2.96. The number of aromatic nitrogens is 2. The van der Waals surface area contributed by atoms with Gasteiger partial charge in [-0.05, 0) is 24.6 Å². The fraction of sp³-hybridized carbons (Fsp3) is 0.474. The van der Waals surface area contributed by atoms with E-state index in [0.29, 0.717) is 31.6 Å².